The Morgan fingerprint density at radius 3 is 2.27 bits per heavy atom. The number of rotatable bonds is 4. The number of aryl methyl sites for hydroxylation is 3. The fraction of sp³-hybridized carbons (Fsp3) is 0.200. The molecule has 30 heavy (non-hydrogen) atoms. The molecule has 0 aliphatic heterocycles. The van der Waals surface area contributed by atoms with Gasteiger partial charge in [-0.25, -0.2) is 19.9 Å². The van der Waals surface area contributed by atoms with Crippen molar-refractivity contribution in [2.45, 2.75) is 26.9 Å². The summed E-state index contributed by atoms with van der Waals surface area (Å²) in [4.78, 5) is 17.5. The Morgan fingerprint density at radius 1 is 0.900 bits per heavy atom. The first kappa shape index (κ1) is 20.0. The van der Waals surface area contributed by atoms with E-state index in [4.69, 9.17) is 0 Å². The summed E-state index contributed by atoms with van der Waals surface area (Å²) in [5.41, 5.74) is 3.10. The van der Waals surface area contributed by atoms with E-state index in [2.05, 4.69) is 30.6 Å². The third-order valence-electron chi connectivity index (χ3n) is 4.40. The summed E-state index contributed by atoms with van der Waals surface area (Å²) >= 11 is 1.38. The third kappa shape index (κ3) is 4.04. The van der Waals surface area contributed by atoms with Crippen LogP contribution in [-0.4, -0.2) is 19.9 Å². The lowest BCUT2D eigenvalue weighted by Gasteiger charge is -2.09. The smallest absolute Gasteiger partial charge is 0.337 e. The number of thiazole rings is 1. The van der Waals surface area contributed by atoms with Crippen molar-refractivity contribution in [3.05, 3.63) is 59.2 Å². The summed E-state index contributed by atoms with van der Waals surface area (Å²) < 4.78 is 38.2. The molecule has 3 heterocycles. The van der Waals surface area contributed by atoms with Gasteiger partial charge in [0, 0.05) is 5.69 Å². The molecule has 0 fully saturated rings. The van der Waals surface area contributed by atoms with Crippen LogP contribution in [0.4, 0.5) is 35.5 Å². The van der Waals surface area contributed by atoms with Crippen LogP contribution in [0, 0.1) is 20.8 Å². The maximum Gasteiger partial charge on any atom is 0.433 e. The van der Waals surface area contributed by atoms with Crippen LogP contribution in [0.25, 0.3) is 10.3 Å². The van der Waals surface area contributed by atoms with Gasteiger partial charge in [0.25, 0.3) is 0 Å². The van der Waals surface area contributed by atoms with Crippen molar-refractivity contribution in [1.29, 1.82) is 0 Å². The van der Waals surface area contributed by atoms with Crippen molar-refractivity contribution in [2.75, 3.05) is 10.6 Å². The normalized spacial score (nSPS) is 11.7. The molecular weight excluding hydrogens is 413 g/mol. The quantitative estimate of drug-likeness (QED) is 0.419. The van der Waals surface area contributed by atoms with Gasteiger partial charge in [0.1, 0.15) is 17.0 Å². The van der Waals surface area contributed by atoms with E-state index in [1.165, 1.54) is 17.4 Å². The summed E-state index contributed by atoms with van der Waals surface area (Å²) in [6, 6.07) is 8.24. The molecule has 0 amide bonds. The molecule has 0 unspecified atom stereocenters. The predicted molar refractivity (Wildman–Crippen MR) is 112 cm³/mol. The molecule has 0 radical (unpaired) electrons. The monoisotopic (exact) mass is 430 g/mol. The second-order valence-electron chi connectivity index (χ2n) is 6.74. The van der Waals surface area contributed by atoms with E-state index in [0.717, 1.165) is 29.1 Å². The fourth-order valence-corrected chi connectivity index (χ4v) is 3.85. The number of benzene rings is 1. The minimum atomic E-state index is -4.49. The van der Waals surface area contributed by atoms with Crippen LogP contribution < -0.4 is 10.6 Å². The zero-order valence-corrected chi connectivity index (χ0v) is 17.1. The van der Waals surface area contributed by atoms with Crippen molar-refractivity contribution in [1.82, 2.24) is 19.9 Å². The van der Waals surface area contributed by atoms with Crippen molar-refractivity contribution in [2.24, 2.45) is 0 Å². The first-order chi connectivity index (χ1) is 14.2. The van der Waals surface area contributed by atoms with Crippen LogP contribution in [0.1, 0.15) is 22.6 Å². The van der Waals surface area contributed by atoms with E-state index >= 15 is 0 Å². The van der Waals surface area contributed by atoms with E-state index in [0.29, 0.717) is 32.8 Å². The SMILES string of the molecule is Cc1nc(Nc2ccc(C(F)(F)F)nc2)c2nc(Nc3c(C)cccc3C)sc2n1. The molecule has 2 N–H and O–H groups in total. The molecule has 0 aliphatic carbocycles. The Labute approximate surface area is 174 Å². The summed E-state index contributed by atoms with van der Waals surface area (Å²) in [6.45, 7) is 5.77. The number of hydrogen-bond acceptors (Lipinski definition) is 7. The van der Waals surface area contributed by atoms with Gasteiger partial charge in [0.15, 0.2) is 15.8 Å². The summed E-state index contributed by atoms with van der Waals surface area (Å²) in [5.74, 6) is 0.928. The van der Waals surface area contributed by atoms with Gasteiger partial charge in [-0.2, -0.15) is 13.2 Å². The third-order valence-corrected chi connectivity index (χ3v) is 5.26. The molecule has 0 saturated heterocycles. The van der Waals surface area contributed by atoms with Crippen LogP contribution >= 0.6 is 11.3 Å². The van der Waals surface area contributed by atoms with Crippen LogP contribution in [0.5, 0.6) is 0 Å². The highest BCUT2D eigenvalue weighted by molar-refractivity contribution is 7.21. The second kappa shape index (κ2) is 7.52. The predicted octanol–water partition coefficient (Wildman–Crippen LogP) is 5.91. The van der Waals surface area contributed by atoms with Gasteiger partial charge in [-0.05, 0) is 44.0 Å². The molecule has 0 spiro atoms. The standard InChI is InChI=1S/C20H17F3N6S/c1-10-5-4-6-11(2)15(10)28-19-29-16-17(25-12(3)26-18(16)30-19)27-13-7-8-14(24-9-13)20(21,22)23/h4-9H,1-3H3,(H,28,29)(H,25,26,27). The molecule has 0 bridgehead atoms. The number of fused-ring (bicyclic) bond motifs is 1. The summed E-state index contributed by atoms with van der Waals surface area (Å²) in [6.07, 6.45) is -3.37. The lowest BCUT2D eigenvalue weighted by atomic mass is 10.1. The Hall–Kier alpha value is -3.27. The number of anilines is 4. The number of hydrogen-bond donors (Lipinski definition) is 2. The summed E-state index contributed by atoms with van der Waals surface area (Å²) in [5, 5.41) is 6.99. The lowest BCUT2D eigenvalue weighted by Crippen LogP contribution is -2.07. The molecule has 3 aromatic heterocycles. The Balaban J connectivity index is 1.67. The lowest BCUT2D eigenvalue weighted by molar-refractivity contribution is -0.141. The van der Waals surface area contributed by atoms with E-state index in [1.807, 2.05) is 32.0 Å². The first-order valence-electron chi connectivity index (χ1n) is 8.99. The number of aromatic nitrogens is 4. The van der Waals surface area contributed by atoms with E-state index in [9.17, 15) is 13.2 Å². The number of pyridine rings is 1. The number of alkyl halides is 3. The maximum atomic E-state index is 12.7. The number of nitrogens with one attached hydrogen (secondary N) is 2. The van der Waals surface area contributed by atoms with Gasteiger partial charge >= 0.3 is 6.18 Å². The average molecular weight is 430 g/mol. The second-order valence-corrected chi connectivity index (χ2v) is 7.72. The Morgan fingerprint density at radius 2 is 1.63 bits per heavy atom. The number of nitrogens with zero attached hydrogens (tertiary/aromatic N) is 4. The van der Waals surface area contributed by atoms with Crippen molar-refractivity contribution in [3.63, 3.8) is 0 Å². The minimum Gasteiger partial charge on any atom is -0.337 e. The van der Waals surface area contributed by atoms with Crippen LogP contribution in [-0.2, 0) is 6.18 Å². The van der Waals surface area contributed by atoms with Crippen molar-refractivity contribution >= 4 is 44.0 Å². The fourth-order valence-electron chi connectivity index (χ4n) is 2.96. The zero-order valence-electron chi connectivity index (χ0n) is 16.3. The molecular formula is C20H17F3N6S. The summed E-state index contributed by atoms with van der Waals surface area (Å²) in [7, 11) is 0. The molecule has 10 heteroatoms. The van der Waals surface area contributed by atoms with E-state index < -0.39 is 11.9 Å². The van der Waals surface area contributed by atoms with E-state index in [-0.39, 0.29) is 0 Å². The molecule has 1 aromatic carbocycles. The highest BCUT2D eigenvalue weighted by atomic mass is 32.1. The topological polar surface area (TPSA) is 75.6 Å². The number of para-hydroxylation sites is 1. The molecule has 0 saturated carbocycles. The Kier molecular flexibility index (Phi) is 5.02. The van der Waals surface area contributed by atoms with Gasteiger partial charge in [-0.15, -0.1) is 0 Å². The highest BCUT2D eigenvalue weighted by Crippen LogP contribution is 2.34. The van der Waals surface area contributed by atoms with Gasteiger partial charge < -0.3 is 10.6 Å². The molecule has 6 nitrogen and oxygen atoms in total. The minimum absolute atomic E-state index is 0.375. The first-order valence-corrected chi connectivity index (χ1v) is 9.81. The van der Waals surface area contributed by atoms with Gasteiger partial charge in [0.2, 0.25) is 0 Å². The average Bonchev–Trinajstić information content (AvgIpc) is 3.07. The van der Waals surface area contributed by atoms with Crippen molar-refractivity contribution in [3.8, 4) is 0 Å². The van der Waals surface area contributed by atoms with Crippen molar-refractivity contribution < 1.29 is 13.2 Å². The molecule has 0 aliphatic rings. The van der Waals surface area contributed by atoms with Gasteiger partial charge in [-0.1, -0.05) is 29.5 Å². The molecule has 4 aromatic rings. The number of halogens is 3. The van der Waals surface area contributed by atoms with Crippen LogP contribution in [0.2, 0.25) is 0 Å². The van der Waals surface area contributed by atoms with E-state index in [1.54, 1.807) is 6.92 Å². The van der Waals surface area contributed by atoms with Crippen LogP contribution in [0.15, 0.2) is 36.5 Å². The Bertz CT molecular complexity index is 1200. The van der Waals surface area contributed by atoms with Gasteiger partial charge in [0.05, 0.1) is 11.9 Å². The zero-order chi connectivity index (χ0) is 21.5. The van der Waals surface area contributed by atoms with Gasteiger partial charge in [-0.3, -0.25) is 0 Å². The highest BCUT2D eigenvalue weighted by Gasteiger charge is 2.32. The largest absolute Gasteiger partial charge is 0.433 e. The molecule has 154 valence electrons. The molecule has 0 atom stereocenters. The van der Waals surface area contributed by atoms with Crippen LogP contribution in [0.3, 0.4) is 0 Å². The maximum absolute atomic E-state index is 12.7. The molecule has 4 rings (SSSR count).